The molecule has 0 saturated heterocycles. The van der Waals surface area contributed by atoms with E-state index in [1.165, 1.54) is 0 Å². The molecular weight excluding hydrogens is 200 g/mol. The molecule has 1 rings (SSSR count). The second-order valence-corrected chi connectivity index (χ2v) is 1.87. The molecule has 0 radical (unpaired) electrons. The van der Waals surface area contributed by atoms with E-state index in [4.69, 9.17) is 0 Å². The van der Waals surface area contributed by atoms with Crippen molar-refractivity contribution >= 4 is 8.69 Å². The van der Waals surface area contributed by atoms with E-state index in [1.807, 2.05) is 18.2 Å². The summed E-state index contributed by atoms with van der Waals surface area (Å²) in [5, 5.41) is 0. The largest absolute Gasteiger partial charge is 0.542 e. The first-order chi connectivity index (χ1) is 4.43. The van der Waals surface area contributed by atoms with Crippen LogP contribution in [0.1, 0.15) is 0 Å². The molecule has 2 nitrogen and oxygen atoms in total. The summed E-state index contributed by atoms with van der Waals surface area (Å²) in [5.74, 6) is 0.644. The minimum Gasteiger partial charge on any atom is -0.256 e. The molecule has 1 atom stereocenters. The fraction of sp³-hybridized carbons (Fsp3) is 0. The van der Waals surface area contributed by atoms with E-state index in [0.717, 1.165) is 0 Å². The molecule has 0 bridgehead atoms. The molecule has 48 valence electrons. The van der Waals surface area contributed by atoms with Crippen LogP contribution in [-0.4, -0.2) is 0 Å². The Morgan fingerprint density at radius 2 is 1.80 bits per heavy atom. The van der Waals surface area contributed by atoms with Crippen molar-refractivity contribution in [2.45, 2.75) is 0 Å². The average molecular weight is 206 g/mol. The number of benzene rings is 1. The van der Waals surface area contributed by atoms with Gasteiger partial charge in [0.1, 0.15) is 0 Å². The van der Waals surface area contributed by atoms with E-state index in [-0.39, 0.29) is 19.5 Å². The van der Waals surface area contributed by atoms with Gasteiger partial charge >= 0.3 is 8.69 Å². The standard InChI is InChI=1S/C6H6O2P.Zn/c7-9-8-6-4-2-1-3-5-6;/h1-5,9H;/q+1;. The van der Waals surface area contributed by atoms with E-state index < -0.39 is 8.69 Å². The van der Waals surface area contributed by atoms with Crippen LogP contribution in [0.2, 0.25) is 0 Å². The van der Waals surface area contributed by atoms with Gasteiger partial charge in [-0.25, -0.2) is 0 Å². The second-order valence-electron chi connectivity index (χ2n) is 1.50. The molecule has 1 aromatic rings. The van der Waals surface area contributed by atoms with E-state index in [1.54, 1.807) is 12.1 Å². The SMILES string of the molecule is O=[PH+]Oc1ccccc1.[Zn]. The van der Waals surface area contributed by atoms with Crippen LogP contribution in [0.15, 0.2) is 30.3 Å². The summed E-state index contributed by atoms with van der Waals surface area (Å²) in [6, 6.07) is 9.04. The first-order valence-electron chi connectivity index (χ1n) is 2.52. The maximum absolute atomic E-state index is 9.90. The van der Waals surface area contributed by atoms with Crippen LogP contribution in [0.3, 0.4) is 0 Å². The maximum Gasteiger partial charge on any atom is 0.542 e. The third kappa shape index (κ3) is 3.05. The molecule has 0 amide bonds. The van der Waals surface area contributed by atoms with Crippen molar-refractivity contribution < 1.29 is 28.6 Å². The molecule has 4 heteroatoms. The van der Waals surface area contributed by atoms with Crippen molar-refractivity contribution in [1.82, 2.24) is 0 Å². The van der Waals surface area contributed by atoms with Gasteiger partial charge in [0.15, 0.2) is 5.75 Å². The fourth-order valence-electron chi connectivity index (χ4n) is 0.537. The molecular formula is C6H6O2PZn+. The fourth-order valence-corrected chi connectivity index (χ4v) is 0.769. The van der Waals surface area contributed by atoms with Crippen LogP contribution in [0, 0.1) is 0 Å². The molecule has 10 heavy (non-hydrogen) atoms. The van der Waals surface area contributed by atoms with Gasteiger partial charge in [-0.05, 0) is 16.7 Å². The molecule has 0 heterocycles. The van der Waals surface area contributed by atoms with E-state index in [0.29, 0.717) is 5.75 Å². The minimum atomic E-state index is -0.715. The average Bonchev–Trinajstić information content (AvgIpc) is 1.91. The Morgan fingerprint density at radius 1 is 1.20 bits per heavy atom. The minimum absolute atomic E-state index is 0. The van der Waals surface area contributed by atoms with Crippen LogP contribution >= 0.6 is 8.69 Å². The number of hydrogen-bond acceptors (Lipinski definition) is 2. The number of para-hydroxylation sites is 1. The van der Waals surface area contributed by atoms with Gasteiger partial charge in [-0.15, -0.1) is 0 Å². The second kappa shape index (κ2) is 5.52. The molecule has 0 aromatic heterocycles. The molecule has 0 aliphatic rings. The van der Waals surface area contributed by atoms with Crippen molar-refractivity contribution in [2.24, 2.45) is 0 Å². The Labute approximate surface area is 73.6 Å². The zero-order valence-electron chi connectivity index (χ0n) is 5.41. The Hall–Kier alpha value is -0.257. The van der Waals surface area contributed by atoms with E-state index >= 15 is 0 Å². The van der Waals surface area contributed by atoms with Crippen LogP contribution in [0.25, 0.3) is 0 Å². The summed E-state index contributed by atoms with van der Waals surface area (Å²) in [5.41, 5.74) is 0. The molecule has 0 aliphatic carbocycles. The van der Waals surface area contributed by atoms with Crippen molar-refractivity contribution in [3.8, 4) is 5.75 Å². The van der Waals surface area contributed by atoms with Crippen molar-refractivity contribution in [2.75, 3.05) is 0 Å². The van der Waals surface area contributed by atoms with Gasteiger partial charge in [-0.1, -0.05) is 18.2 Å². The Kier molecular flexibility index (Phi) is 5.38. The molecule has 0 N–H and O–H groups in total. The third-order valence-corrected chi connectivity index (χ3v) is 1.22. The summed E-state index contributed by atoms with van der Waals surface area (Å²) in [4.78, 5) is 0. The number of hydrogen-bond donors (Lipinski definition) is 0. The molecule has 1 aromatic carbocycles. The maximum atomic E-state index is 9.90. The Balaban J connectivity index is 0.000000810. The number of rotatable bonds is 2. The quantitative estimate of drug-likeness (QED) is 0.546. The molecule has 0 spiro atoms. The summed E-state index contributed by atoms with van der Waals surface area (Å²) in [6.45, 7) is 0. The van der Waals surface area contributed by atoms with Gasteiger partial charge in [-0.3, -0.25) is 4.52 Å². The summed E-state index contributed by atoms with van der Waals surface area (Å²) in [7, 11) is -0.715. The summed E-state index contributed by atoms with van der Waals surface area (Å²) >= 11 is 0. The molecule has 0 saturated carbocycles. The monoisotopic (exact) mass is 205 g/mol. The van der Waals surface area contributed by atoms with Gasteiger partial charge in [-0.2, -0.15) is 0 Å². The van der Waals surface area contributed by atoms with Crippen LogP contribution in [0.5, 0.6) is 5.75 Å². The topological polar surface area (TPSA) is 26.3 Å². The van der Waals surface area contributed by atoms with Gasteiger partial charge in [0.05, 0.1) is 0 Å². The van der Waals surface area contributed by atoms with E-state index in [9.17, 15) is 4.57 Å². The van der Waals surface area contributed by atoms with Crippen molar-refractivity contribution in [3.63, 3.8) is 0 Å². The van der Waals surface area contributed by atoms with Gasteiger partial charge < -0.3 is 0 Å². The first kappa shape index (κ1) is 9.74. The first-order valence-corrected chi connectivity index (χ1v) is 3.34. The zero-order chi connectivity index (χ0) is 6.53. The summed E-state index contributed by atoms with van der Waals surface area (Å²) in [6.07, 6.45) is 0. The van der Waals surface area contributed by atoms with Crippen molar-refractivity contribution in [3.05, 3.63) is 30.3 Å². The molecule has 0 fully saturated rings. The Morgan fingerprint density at radius 3 is 2.30 bits per heavy atom. The Bertz CT molecular complexity index is 190. The molecule has 1 unspecified atom stereocenters. The van der Waals surface area contributed by atoms with Gasteiger partial charge in [0.25, 0.3) is 0 Å². The zero-order valence-corrected chi connectivity index (χ0v) is 9.38. The smallest absolute Gasteiger partial charge is 0.256 e. The van der Waals surface area contributed by atoms with Gasteiger partial charge in [0.2, 0.25) is 0 Å². The van der Waals surface area contributed by atoms with Crippen LogP contribution in [0.4, 0.5) is 0 Å². The van der Waals surface area contributed by atoms with Gasteiger partial charge in [0, 0.05) is 19.5 Å². The molecule has 0 aliphatic heterocycles. The predicted molar refractivity (Wildman–Crippen MR) is 36.1 cm³/mol. The van der Waals surface area contributed by atoms with Crippen molar-refractivity contribution in [1.29, 1.82) is 0 Å². The predicted octanol–water partition coefficient (Wildman–Crippen LogP) is 2.00. The van der Waals surface area contributed by atoms with Crippen LogP contribution in [-0.2, 0) is 24.0 Å². The van der Waals surface area contributed by atoms with E-state index in [2.05, 4.69) is 4.52 Å². The van der Waals surface area contributed by atoms with Crippen LogP contribution < -0.4 is 4.52 Å². The summed E-state index contributed by atoms with van der Waals surface area (Å²) < 4.78 is 14.6. The third-order valence-electron chi connectivity index (χ3n) is 0.903. The normalized spacial score (nSPS) is 8.40.